The molecule has 2 rings (SSSR count). The number of carboxylic acid groups (broad SMARTS) is 1. The van der Waals surface area contributed by atoms with Crippen LogP contribution < -0.4 is 4.74 Å². The lowest BCUT2D eigenvalue weighted by Gasteiger charge is -2.44. The van der Waals surface area contributed by atoms with Gasteiger partial charge in [-0.1, -0.05) is 12.1 Å². The number of hydrogen-bond donors (Lipinski definition) is 6. The van der Waals surface area contributed by atoms with E-state index in [0.717, 1.165) is 6.08 Å². The number of aliphatic hydroxyl groups excluding tert-OH is 2. The van der Waals surface area contributed by atoms with E-state index in [4.69, 9.17) is 9.84 Å². The number of ether oxygens (including phenoxy) is 1. The smallest absolute Gasteiger partial charge is 0.335 e. The van der Waals surface area contributed by atoms with Gasteiger partial charge in [0.25, 0.3) is 0 Å². The van der Waals surface area contributed by atoms with Crippen molar-refractivity contribution in [2.75, 3.05) is 7.11 Å². The van der Waals surface area contributed by atoms with E-state index >= 15 is 0 Å². The Kier molecular flexibility index (Phi) is 5.38. The SMILES string of the molecule is COc1cc(/C=C/C(=O)C2(O)C(O)CC(O)(C(=O)O)CC2O)ccc1O. The number of methoxy groups -OCH3 is 1. The summed E-state index contributed by atoms with van der Waals surface area (Å²) in [6.45, 7) is 0. The van der Waals surface area contributed by atoms with Crippen LogP contribution in [0, 0.1) is 0 Å². The summed E-state index contributed by atoms with van der Waals surface area (Å²) in [5.74, 6) is -2.68. The third-order valence-corrected chi connectivity index (χ3v) is 4.50. The molecule has 0 bridgehead atoms. The number of aromatic hydroxyl groups is 1. The Morgan fingerprint density at radius 1 is 1.19 bits per heavy atom. The monoisotopic (exact) mass is 368 g/mol. The van der Waals surface area contributed by atoms with E-state index in [9.17, 15) is 35.1 Å². The van der Waals surface area contributed by atoms with Gasteiger partial charge in [-0.15, -0.1) is 0 Å². The number of ketones is 1. The number of benzene rings is 1. The van der Waals surface area contributed by atoms with E-state index in [1.165, 1.54) is 31.4 Å². The maximum absolute atomic E-state index is 12.3. The Bertz CT molecular complexity index is 728. The van der Waals surface area contributed by atoms with Crippen molar-refractivity contribution in [2.45, 2.75) is 36.3 Å². The predicted molar refractivity (Wildman–Crippen MR) is 87.5 cm³/mol. The fourth-order valence-electron chi connectivity index (χ4n) is 2.86. The molecule has 2 atom stereocenters. The van der Waals surface area contributed by atoms with Gasteiger partial charge in [0.1, 0.15) is 0 Å². The topological polar surface area (TPSA) is 165 Å². The van der Waals surface area contributed by atoms with Crippen molar-refractivity contribution in [2.24, 2.45) is 0 Å². The van der Waals surface area contributed by atoms with Gasteiger partial charge in [-0.25, -0.2) is 4.79 Å². The first-order valence-corrected chi connectivity index (χ1v) is 7.68. The molecule has 2 unspecified atom stereocenters. The van der Waals surface area contributed by atoms with Crippen molar-refractivity contribution in [3.05, 3.63) is 29.8 Å². The zero-order valence-corrected chi connectivity index (χ0v) is 13.9. The van der Waals surface area contributed by atoms with Crippen LogP contribution in [0.4, 0.5) is 0 Å². The molecule has 1 aromatic rings. The number of carboxylic acids is 1. The van der Waals surface area contributed by atoms with E-state index in [-0.39, 0.29) is 11.5 Å². The summed E-state index contributed by atoms with van der Waals surface area (Å²) in [7, 11) is 1.34. The van der Waals surface area contributed by atoms with Crippen LogP contribution in [-0.4, -0.2) is 72.9 Å². The molecule has 1 aliphatic rings. The molecule has 1 aromatic carbocycles. The van der Waals surface area contributed by atoms with Crippen LogP contribution in [0.5, 0.6) is 11.5 Å². The molecule has 0 amide bonds. The second-order valence-electron chi connectivity index (χ2n) is 6.23. The Morgan fingerprint density at radius 2 is 1.77 bits per heavy atom. The normalized spacial score (nSPS) is 31.7. The molecule has 0 aliphatic heterocycles. The summed E-state index contributed by atoms with van der Waals surface area (Å²) in [6, 6.07) is 4.21. The number of rotatable bonds is 5. The minimum atomic E-state index is -2.65. The molecule has 0 radical (unpaired) electrons. The molecule has 9 heteroatoms. The van der Waals surface area contributed by atoms with Crippen LogP contribution in [0.3, 0.4) is 0 Å². The summed E-state index contributed by atoms with van der Waals surface area (Å²) < 4.78 is 4.93. The highest BCUT2D eigenvalue weighted by Crippen LogP contribution is 2.37. The summed E-state index contributed by atoms with van der Waals surface area (Å²) in [5, 5.41) is 58.9. The maximum atomic E-state index is 12.3. The van der Waals surface area contributed by atoms with Gasteiger partial charge < -0.3 is 35.4 Å². The van der Waals surface area contributed by atoms with Gasteiger partial charge in [0.15, 0.2) is 28.5 Å². The Morgan fingerprint density at radius 3 is 2.27 bits per heavy atom. The molecule has 1 fully saturated rings. The molecule has 0 heterocycles. The molecule has 142 valence electrons. The van der Waals surface area contributed by atoms with Gasteiger partial charge in [-0.2, -0.15) is 0 Å². The fourth-order valence-corrected chi connectivity index (χ4v) is 2.86. The van der Waals surface area contributed by atoms with Crippen LogP contribution >= 0.6 is 0 Å². The molecule has 1 saturated carbocycles. The largest absolute Gasteiger partial charge is 0.504 e. The molecule has 1 aliphatic carbocycles. The average Bonchev–Trinajstić information content (AvgIpc) is 2.58. The van der Waals surface area contributed by atoms with E-state index in [0.29, 0.717) is 5.56 Å². The summed E-state index contributed by atoms with van der Waals surface area (Å²) >= 11 is 0. The number of aliphatic hydroxyl groups is 4. The highest BCUT2D eigenvalue weighted by Gasteiger charge is 2.59. The number of phenols is 1. The molecule has 26 heavy (non-hydrogen) atoms. The third-order valence-electron chi connectivity index (χ3n) is 4.50. The van der Waals surface area contributed by atoms with Gasteiger partial charge >= 0.3 is 5.97 Å². The van der Waals surface area contributed by atoms with E-state index in [1.54, 1.807) is 0 Å². The van der Waals surface area contributed by atoms with Gasteiger partial charge in [0, 0.05) is 12.8 Å². The number of carbonyl (C=O) groups excluding carboxylic acids is 1. The van der Waals surface area contributed by atoms with Crippen molar-refractivity contribution in [1.82, 2.24) is 0 Å². The first kappa shape index (κ1) is 19.9. The summed E-state index contributed by atoms with van der Waals surface area (Å²) in [6.07, 6.45) is -3.44. The number of aliphatic carboxylic acids is 1. The molecular weight excluding hydrogens is 348 g/mol. The van der Waals surface area contributed by atoms with Crippen molar-refractivity contribution in [1.29, 1.82) is 0 Å². The van der Waals surface area contributed by atoms with Crippen LogP contribution in [0.15, 0.2) is 24.3 Å². The van der Waals surface area contributed by atoms with Crippen molar-refractivity contribution in [3.8, 4) is 11.5 Å². The molecule has 9 nitrogen and oxygen atoms in total. The maximum Gasteiger partial charge on any atom is 0.335 e. The lowest BCUT2D eigenvalue weighted by molar-refractivity contribution is -0.215. The second-order valence-corrected chi connectivity index (χ2v) is 6.23. The van der Waals surface area contributed by atoms with E-state index < -0.39 is 48.0 Å². The third kappa shape index (κ3) is 3.42. The minimum absolute atomic E-state index is 0.110. The van der Waals surface area contributed by atoms with Crippen molar-refractivity contribution in [3.63, 3.8) is 0 Å². The first-order chi connectivity index (χ1) is 12.0. The standard InChI is InChI=1S/C17H20O9/c1-26-11-6-9(2-4-10(11)18)3-5-12(19)17(25)13(20)7-16(24,15(22)23)8-14(17)21/h2-6,13-14,18,20-21,24-25H,7-8H2,1H3,(H,22,23)/b5-3+. The molecule has 0 saturated heterocycles. The molecule has 0 spiro atoms. The van der Waals surface area contributed by atoms with Crippen LogP contribution in [0.1, 0.15) is 18.4 Å². The predicted octanol–water partition coefficient (Wildman–Crippen LogP) is -0.955. The highest BCUT2D eigenvalue weighted by molar-refractivity contribution is 6.01. The van der Waals surface area contributed by atoms with Gasteiger partial charge in [-0.3, -0.25) is 4.79 Å². The zero-order valence-electron chi connectivity index (χ0n) is 13.9. The number of hydrogen-bond acceptors (Lipinski definition) is 8. The molecule has 6 N–H and O–H groups in total. The van der Waals surface area contributed by atoms with Gasteiger partial charge in [0.05, 0.1) is 19.3 Å². The van der Waals surface area contributed by atoms with Gasteiger partial charge in [0.2, 0.25) is 0 Å². The van der Waals surface area contributed by atoms with Crippen molar-refractivity contribution < 1.29 is 45.0 Å². The van der Waals surface area contributed by atoms with E-state index in [2.05, 4.69) is 0 Å². The van der Waals surface area contributed by atoms with Crippen molar-refractivity contribution >= 4 is 17.8 Å². The zero-order chi connectivity index (χ0) is 19.7. The number of phenolic OH excluding ortho intramolecular Hbond substituents is 1. The lowest BCUT2D eigenvalue weighted by Crippen LogP contribution is -2.66. The Balaban J connectivity index is 2.24. The minimum Gasteiger partial charge on any atom is -0.504 e. The Labute approximate surface area is 148 Å². The first-order valence-electron chi connectivity index (χ1n) is 7.68. The van der Waals surface area contributed by atoms with E-state index in [1.807, 2.05) is 0 Å². The fraction of sp³-hybridized carbons (Fsp3) is 0.412. The summed E-state index contributed by atoms with van der Waals surface area (Å²) in [5.41, 5.74) is -4.67. The van der Waals surface area contributed by atoms with Crippen LogP contribution in [0.2, 0.25) is 0 Å². The average molecular weight is 368 g/mol. The summed E-state index contributed by atoms with van der Waals surface area (Å²) in [4.78, 5) is 23.4. The van der Waals surface area contributed by atoms with Crippen LogP contribution in [0.25, 0.3) is 6.08 Å². The second kappa shape index (κ2) is 7.04. The quantitative estimate of drug-likeness (QED) is 0.359. The molecule has 0 aromatic heterocycles. The van der Waals surface area contributed by atoms with Gasteiger partial charge in [-0.05, 0) is 23.8 Å². The lowest BCUT2D eigenvalue weighted by atomic mass is 9.70. The molecular formula is C17H20O9. The Hall–Kier alpha value is -2.46. The highest BCUT2D eigenvalue weighted by atomic mass is 16.5. The number of carbonyl (C=O) groups is 2. The van der Waals surface area contributed by atoms with Crippen LogP contribution in [-0.2, 0) is 9.59 Å².